The van der Waals surface area contributed by atoms with Gasteiger partial charge in [-0.1, -0.05) is 82.3 Å². The van der Waals surface area contributed by atoms with Crippen molar-refractivity contribution in [2.75, 3.05) is 28.4 Å². The molecule has 0 saturated heterocycles. The molecule has 0 saturated carbocycles. The van der Waals surface area contributed by atoms with E-state index in [-0.39, 0.29) is 23.3 Å². The Bertz CT molecular complexity index is 886. The number of ether oxygens (including phenoxy) is 4. The molecule has 10 heteroatoms. The van der Waals surface area contributed by atoms with E-state index in [1.54, 1.807) is 0 Å². The fraction of sp³-hybridized carbons (Fsp3) is 0.385. The van der Waals surface area contributed by atoms with Gasteiger partial charge < -0.3 is 18.9 Å². The molecule has 0 heterocycles. The Morgan fingerprint density at radius 3 is 1.08 bits per heavy atom. The summed E-state index contributed by atoms with van der Waals surface area (Å²) in [5.41, 5.74) is 1.80. The molecule has 194 valence electrons. The minimum absolute atomic E-state index is 0.139. The summed E-state index contributed by atoms with van der Waals surface area (Å²) >= 11 is 0. The standard InChI is InChI=1S/C26H30O8S2/c1-31-23(27)19(24(28)32-2)15-21(17-11-7-5-8-12-17)35-36-22(18-13-9-6-10-14-18)16-20(25(29)33-3)26(30)34-4/h5-14,19-22H,15-16H2,1-4H3. The predicted octanol–water partition coefficient (Wildman–Crippen LogP) is 4.56. The maximum absolute atomic E-state index is 12.4. The summed E-state index contributed by atoms with van der Waals surface area (Å²) in [5.74, 6) is -4.92. The van der Waals surface area contributed by atoms with Crippen LogP contribution in [-0.4, -0.2) is 52.3 Å². The number of benzene rings is 2. The lowest BCUT2D eigenvalue weighted by molar-refractivity contribution is -0.160. The van der Waals surface area contributed by atoms with E-state index in [1.165, 1.54) is 50.0 Å². The van der Waals surface area contributed by atoms with Crippen molar-refractivity contribution < 1.29 is 38.1 Å². The van der Waals surface area contributed by atoms with Gasteiger partial charge in [0.2, 0.25) is 0 Å². The van der Waals surface area contributed by atoms with Crippen LogP contribution in [0.1, 0.15) is 34.5 Å². The first-order valence-corrected chi connectivity index (χ1v) is 13.4. The number of hydrogen-bond acceptors (Lipinski definition) is 10. The second kappa shape index (κ2) is 15.2. The zero-order chi connectivity index (χ0) is 26.5. The average Bonchev–Trinajstić information content (AvgIpc) is 2.93. The van der Waals surface area contributed by atoms with Crippen LogP contribution in [0.5, 0.6) is 0 Å². The quantitative estimate of drug-likeness (QED) is 0.157. The van der Waals surface area contributed by atoms with Crippen LogP contribution < -0.4 is 0 Å². The molecule has 0 amide bonds. The molecule has 0 spiro atoms. The van der Waals surface area contributed by atoms with Crippen LogP contribution in [0.2, 0.25) is 0 Å². The molecule has 0 aromatic heterocycles. The third-order valence-electron chi connectivity index (χ3n) is 5.47. The molecule has 36 heavy (non-hydrogen) atoms. The van der Waals surface area contributed by atoms with Gasteiger partial charge in [-0.15, -0.1) is 0 Å². The highest BCUT2D eigenvalue weighted by Gasteiger charge is 2.35. The van der Waals surface area contributed by atoms with Crippen LogP contribution in [0.15, 0.2) is 60.7 Å². The van der Waals surface area contributed by atoms with Gasteiger partial charge in [-0.3, -0.25) is 19.2 Å². The highest BCUT2D eigenvalue weighted by atomic mass is 33.1. The monoisotopic (exact) mass is 534 g/mol. The summed E-state index contributed by atoms with van der Waals surface area (Å²) in [6, 6.07) is 18.9. The first-order chi connectivity index (χ1) is 17.4. The summed E-state index contributed by atoms with van der Waals surface area (Å²) in [4.78, 5) is 49.4. The molecule has 2 rings (SSSR count). The van der Waals surface area contributed by atoms with E-state index in [2.05, 4.69) is 0 Å². The number of esters is 4. The zero-order valence-electron chi connectivity index (χ0n) is 20.6. The molecular formula is C26H30O8S2. The minimum atomic E-state index is -1.11. The van der Waals surface area contributed by atoms with Crippen LogP contribution in [0, 0.1) is 11.8 Å². The summed E-state index contributed by atoms with van der Waals surface area (Å²) < 4.78 is 19.4. The Morgan fingerprint density at radius 1 is 0.556 bits per heavy atom. The lowest BCUT2D eigenvalue weighted by atomic mass is 9.99. The SMILES string of the molecule is COC(=O)C(CC(SSC(CC(C(=O)OC)C(=O)OC)c1ccccc1)c1ccccc1)C(=O)OC. The van der Waals surface area contributed by atoms with Gasteiger partial charge in [0.15, 0.2) is 11.8 Å². The van der Waals surface area contributed by atoms with Gasteiger partial charge in [-0.05, 0) is 24.0 Å². The fourth-order valence-corrected chi connectivity index (χ4v) is 6.80. The largest absolute Gasteiger partial charge is 0.468 e. The molecule has 0 aliphatic heterocycles. The molecule has 2 atom stereocenters. The topological polar surface area (TPSA) is 105 Å². The second-order valence-corrected chi connectivity index (χ2v) is 10.3. The summed E-state index contributed by atoms with van der Waals surface area (Å²) in [7, 11) is 7.78. The summed E-state index contributed by atoms with van der Waals surface area (Å²) in [6.45, 7) is 0. The summed E-state index contributed by atoms with van der Waals surface area (Å²) in [6.07, 6.45) is 0.278. The number of carbonyl (C=O) groups excluding carboxylic acids is 4. The first kappa shape index (κ1) is 29.3. The molecule has 0 fully saturated rings. The Kier molecular flexibility index (Phi) is 12.4. The molecule has 0 radical (unpaired) electrons. The van der Waals surface area contributed by atoms with Crippen molar-refractivity contribution in [1.29, 1.82) is 0 Å². The van der Waals surface area contributed by atoms with Crippen molar-refractivity contribution in [2.24, 2.45) is 11.8 Å². The van der Waals surface area contributed by atoms with E-state index < -0.39 is 35.7 Å². The van der Waals surface area contributed by atoms with Crippen LogP contribution >= 0.6 is 21.6 Å². The van der Waals surface area contributed by atoms with Gasteiger partial charge in [0, 0.05) is 10.5 Å². The second-order valence-electron chi connectivity index (χ2n) is 7.66. The van der Waals surface area contributed by atoms with Gasteiger partial charge in [-0.2, -0.15) is 0 Å². The third-order valence-corrected chi connectivity index (χ3v) is 8.71. The van der Waals surface area contributed by atoms with Gasteiger partial charge >= 0.3 is 23.9 Å². The summed E-state index contributed by atoms with van der Waals surface area (Å²) in [5, 5.41) is -0.611. The highest BCUT2D eigenvalue weighted by Crippen LogP contribution is 2.50. The van der Waals surface area contributed by atoms with Crippen LogP contribution in [0.3, 0.4) is 0 Å². The van der Waals surface area contributed by atoms with Gasteiger partial charge in [0.1, 0.15) is 0 Å². The molecule has 2 aromatic carbocycles. The van der Waals surface area contributed by atoms with E-state index in [0.29, 0.717) is 0 Å². The molecule has 0 aliphatic carbocycles. The van der Waals surface area contributed by atoms with E-state index in [4.69, 9.17) is 18.9 Å². The van der Waals surface area contributed by atoms with Gasteiger partial charge in [-0.25, -0.2) is 0 Å². The lowest BCUT2D eigenvalue weighted by Crippen LogP contribution is -2.28. The number of carbonyl (C=O) groups is 4. The van der Waals surface area contributed by atoms with E-state index >= 15 is 0 Å². The van der Waals surface area contributed by atoms with Crippen molar-refractivity contribution >= 4 is 45.5 Å². The Labute approximate surface area is 218 Å². The molecule has 0 N–H and O–H groups in total. The molecule has 0 bridgehead atoms. The zero-order valence-corrected chi connectivity index (χ0v) is 22.2. The number of rotatable bonds is 13. The molecular weight excluding hydrogens is 504 g/mol. The van der Waals surface area contributed by atoms with Crippen molar-refractivity contribution in [2.45, 2.75) is 23.3 Å². The predicted molar refractivity (Wildman–Crippen MR) is 138 cm³/mol. The lowest BCUT2D eigenvalue weighted by Gasteiger charge is -2.25. The number of hydrogen-bond donors (Lipinski definition) is 0. The molecule has 2 aromatic rings. The first-order valence-electron chi connectivity index (χ1n) is 11.1. The van der Waals surface area contributed by atoms with Crippen molar-refractivity contribution in [3.8, 4) is 0 Å². The maximum atomic E-state index is 12.4. The minimum Gasteiger partial charge on any atom is -0.468 e. The molecule has 2 unspecified atom stereocenters. The normalized spacial score (nSPS) is 12.5. The highest BCUT2D eigenvalue weighted by molar-refractivity contribution is 8.76. The van der Waals surface area contributed by atoms with Crippen molar-refractivity contribution in [1.82, 2.24) is 0 Å². The van der Waals surface area contributed by atoms with E-state index in [0.717, 1.165) is 11.1 Å². The van der Waals surface area contributed by atoms with Crippen LogP contribution in [0.25, 0.3) is 0 Å². The van der Waals surface area contributed by atoms with Gasteiger partial charge in [0.25, 0.3) is 0 Å². The third kappa shape index (κ3) is 8.30. The van der Waals surface area contributed by atoms with Crippen molar-refractivity contribution in [3.63, 3.8) is 0 Å². The smallest absolute Gasteiger partial charge is 0.320 e. The van der Waals surface area contributed by atoms with Crippen molar-refractivity contribution in [3.05, 3.63) is 71.8 Å². The average molecular weight is 535 g/mol. The van der Waals surface area contributed by atoms with E-state index in [1.807, 2.05) is 60.7 Å². The molecule has 0 aliphatic rings. The Morgan fingerprint density at radius 2 is 0.833 bits per heavy atom. The fourth-order valence-electron chi connectivity index (χ4n) is 3.51. The molecule has 8 nitrogen and oxygen atoms in total. The maximum Gasteiger partial charge on any atom is 0.320 e. The Hall–Kier alpha value is -2.98. The van der Waals surface area contributed by atoms with E-state index in [9.17, 15) is 19.2 Å². The Balaban J connectivity index is 2.36. The number of methoxy groups -OCH3 is 4. The van der Waals surface area contributed by atoms with Crippen LogP contribution in [0.4, 0.5) is 0 Å². The van der Waals surface area contributed by atoms with Crippen LogP contribution in [-0.2, 0) is 38.1 Å². The van der Waals surface area contributed by atoms with Gasteiger partial charge in [0.05, 0.1) is 28.4 Å².